The van der Waals surface area contributed by atoms with Crippen molar-refractivity contribution in [2.45, 2.75) is 97.1 Å². The summed E-state index contributed by atoms with van der Waals surface area (Å²) in [6.07, 6.45) is 15.0. The van der Waals surface area contributed by atoms with Crippen molar-refractivity contribution in [3.63, 3.8) is 0 Å². The lowest BCUT2D eigenvalue weighted by Gasteiger charge is -2.58. The molecule has 116 valence electrons. The molecule has 0 spiro atoms. The lowest BCUT2D eigenvalue weighted by molar-refractivity contribution is -0.0892. The summed E-state index contributed by atoms with van der Waals surface area (Å²) in [6.45, 7) is 4.56. The van der Waals surface area contributed by atoms with E-state index >= 15 is 0 Å². The van der Waals surface area contributed by atoms with Crippen LogP contribution in [0.5, 0.6) is 0 Å². The third-order valence-electron chi connectivity index (χ3n) is 7.48. The molecule has 4 aliphatic rings. The normalized spacial score (nSPS) is 48.5. The molecule has 1 heteroatoms. The van der Waals surface area contributed by atoms with E-state index in [0.717, 1.165) is 6.42 Å². The van der Waals surface area contributed by atoms with Crippen molar-refractivity contribution < 1.29 is 4.39 Å². The summed E-state index contributed by atoms with van der Waals surface area (Å²) in [5.74, 6) is 1.08. The maximum Gasteiger partial charge on any atom is 0.104 e. The van der Waals surface area contributed by atoms with E-state index in [2.05, 4.69) is 13.8 Å². The van der Waals surface area contributed by atoms with Crippen LogP contribution in [0.1, 0.15) is 90.9 Å². The second-order valence-corrected chi connectivity index (χ2v) is 8.32. The highest BCUT2D eigenvalue weighted by Gasteiger charge is 2.53. The molecule has 4 saturated carbocycles. The predicted octanol–water partition coefficient (Wildman–Crippen LogP) is 6.29. The van der Waals surface area contributed by atoms with Crippen LogP contribution in [0, 0.1) is 22.7 Å². The van der Waals surface area contributed by atoms with Crippen LogP contribution in [0.2, 0.25) is 0 Å². The van der Waals surface area contributed by atoms with E-state index in [4.69, 9.17) is 0 Å². The van der Waals surface area contributed by atoms with Crippen molar-refractivity contribution in [1.82, 2.24) is 0 Å². The maximum absolute atomic E-state index is 14.8. The number of hydrogen-bond donors (Lipinski definition) is 0. The third-order valence-corrected chi connectivity index (χ3v) is 7.48. The molecular weight excluding hydrogens is 247 g/mol. The van der Waals surface area contributed by atoms with Crippen molar-refractivity contribution in [2.75, 3.05) is 0 Å². The number of hydrogen-bond acceptors (Lipinski definition) is 0. The number of rotatable bonds is 4. The van der Waals surface area contributed by atoms with Crippen LogP contribution in [-0.4, -0.2) is 6.17 Å². The van der Waals surface area contributed by atoms with E-state index in [1.807, 2.05) is 0 Å². The van der Waals surface area contributed by atoms with Gasteiger partial charge in [-0.25, -0.2) is 4.39 Å². The van der Waals surface area contributed by atoms with Crippen LogP contribution in [0.15, 0.2) is 0 Å². The SMILES string of the molecule is CCCC12CCC(C3CC[C@H](CC)C[C@H]3F)(CC1)CC2. The Morgan fingerprint density at radius 3 is 2.10 bits per heavy atom. The molecule has 3 atom stereocenters. The lowest BCUT2D eigenvalue weighted by atomic mass is 9.47. The lowest BCUT2D eigenvalue weighted by Crippen LogP contribution is -2.49. The average molecular weight is 280 g/mol. The van der Waals surface area contributed by atoms with Gasteiger partial charge in [0.1, 0.15) is 6.17 Å². The Hall–Kier alpha value is -0.0700. The second-order valence-electron chi connectivity index (χ2n) is 8.32. The molecule has 4 rings (SSSR count). The summed E-state index contributed by atoms with van der Waals surface area (Å²) < 4.78 is 14.8. The first-order chi connectivity index (χ1) is 9.63. The molecule has 0 aromatic carbocycles. The molecule has 0 aromatic heterocycles. The maximum atomic E-state index is 14.8. The van der Waals surface area contributed by atoms with Crippen molar-refractivity contribution >= 4 is 0 Å². The van der Waals surface area contributed by atoms with Crippen molar-refractivity contribution in [3.8, 4) is 0 Å². The molecule has 4 fully saturated rings. The standard InChI is InChI=1S/C19H33F/c1-3-7-18-8-11-19(12-9-18,13-10-18)16-6-5-15(4-2)14-17(16)20/h15-17H,3-14H2,1-2H3/t15-,16?,17+,18?,19?/m0/s1. The Bertz CT molecular complexity index is 310. The molecule has 1 unspecified atom stereocenters. The van der Waals surface area contributed by atoms with Gasteiger partial charge in [-0.05, 0) is 86.9 Å². The first-order valence-electron chi connectivity index (χ1n) is 9.27. The van der Waals surface area contributed by atoms with Crippen LogP contribution in [0.4, 0.5) is 4.39 Å². The van der Waals surface area contributed by atoms with Gasteiger partial charge in [-0.3, -0.25) is 0 Å². The fraction of sp³-hybridized carbons (Fsp3) is 1.00. The largest absolute Gasteiger partial charge is 0.247 e. The van der Waals surface area contributed by atoms with Gasteiger partial charge in [0.25, 0.3) is 0 Å². The van der Waals surface area contributed by atoms with E-state index in [1.54, 1.807) is 0 Å². The van der Waals surface area contributed by atoms with Crippen LogP contribution in [0.25, 0.3) is 0 Å². The Labute approximate surface area is 124 Å². The minimum Gasteiger partial charge on any atom is -0.247 e. The summed E-state index contributed by atoms with van der Waals surface area (Å²) in [6, 6.07) is 0. The van der Waals surface area contributed by atoms with Gasteiger partial charge in [0.2, 0.25) is 0 Å². The fourth-order valence-electron chi connectivity index (χ4n) is 6.01. The quantitative estimate of drug-likeness (QED) is 0.567. The summed E-state index contributed by atoms with van der Waals surface area (Å²) >= 11 is 0. The number of halogens is 1. The van der Waals surface area contributed by atoms with Crippen LogP contribution < -0.4 is 0 Å². The van der Waals surface area contributed by atoms with Gasteiger partial charge in [-0.1, -0.05) is 26.7 Å². The third kappa shape index (κ3) is 2.44. The van der Waals surface area contributed by atoms with E-state index < -0.39 is 6.17 Å². The van der Waals surface area contributed by atoms with Gasteiger partial charge in [0.05, 0.1) is 0 Å². The second kappa shape index (κ2) is 5.61. The molecule has 0 heterocycles. The zero-order valence-electron chi connectivity index (χ0n) is 13.6. The summed E-state index contributed by atoms with van der Waals surface area (Å²) in [5.41, 5.74) is 1.08. The summed E-state index contributed by atoms with van der Waals surface area (Å²) in [4.78, 5) is 0. The Balaban J connectivity index is 1.67. The molecule has 4 aliphatic carbocycles. The molecule has 20 heavy (non-hydrogen) atoms. The highest BCUT2D eigenvalue weighted by atomic mass is 19.1. The first-order valence-corrected chi connectivity index (χ1v) is 9.27. The van der Waals surface area contributed by atoms with Crippen LogP contribution in [-0.2, 0) is 0 Å². The van der Waals surface area contributed by atoms with Gasteiger partial charge in [-0.2, -0.15) is 0 Å². The molecule has 2 bridgehead atoms. The van der Waals surface area contributed by atoms with E-state index in [-0.39, 0.29) is 0 Å². The van der Waals surface area contributed by atoms with E-state index in [9.17, 15) is 4.39 Å². The molecule has 0 nitrogen and oxygen atoms in total. The van der Waals surface area contributed by atoms with Crippen LogP contribution >= 0.6 is 0 Å². The van der Waals surface area contributed by atoms with E-state index in [1.165, 1.54) is 70.6 Å². The fourth-order valence-corrected chi connectivity index (χ4v) is 6.01. The van der Waals surface area contributed by atoms with Gasteiger partial charge in [0.15, 0.2) is 0 Å². The molecule has 0 aromatic rings. The number of alkyl halides is 1. The highest BCUT2D eigenvalue weighted by molar-refractivity contribution is 5.04. The van der Waals surface area contributed by atoms with Gasteiger partial charge < -0.3 is 0 Å². The van der Waals surface area contributed by atoms with Crippen LogP contribution in [0.3, 0.4) is 0 Å². The zero-order valence-corrected chi connectivity index (χ0v) is 13.6. The molecule has 0 amide bonds. The molecule has 0 radical (unpaired) electrons. The molecular formula is C19H33F. The van der Waals surface area contributed by atoms with Gasteiger partial charge in [-0.15, -0.1) is 0 Å². The van der Waals surface area contributed by atoms with Crippen molar-refractivity contribution in [3.05, 3.63) is 0 Å². The molecule has 0 saturated heterocycles. The Kier molecular flexibility index (Phi) is 4.17. The highest BCUT2D eigenvalue weighted by Crippen LogP contribution is 2.63. The topological polar surface area (TPSA) is 0 Å². The smallest absolute Gasteiger partial charge is 0.104 e. The zero-order chi connectivity index (χ0) is 14.2. The van der Waals surface area contributed by atoms with Crippen molar-refractivity contribution in [2.24, 2.45) is 22.7 Å². The van der Waals surface area contributed by atoms with E-state index in [0.29, 0.717) is 22.7 Å². The molecule has 0 aliphatic heterocycles. The predicted molar refractivity (Wildman–Crippen MR) is 83.5 cm³/mol. The average Bonchev–Trinajstić information content (AvgIpc) is 2.49. The summed E-state index contributed by atoms with van der Waals surface area (Å²) in [7, 11) is 0. The minimum absolute atomic E-state index is 0.408. The minimum atomic E-state index is -0.495. The summed E-state index contributed by atoms with van der Waals surface area (Å²) in [5, 5.41) is 0. The first kappa shape index (κ1) is 14.9. The number of fused-ring (bicyclic) bond motifs is 3. The Morgan fingerprint density at radius 2 is 1.60 bits per heavy atom. The monoisotopic (exact) mass is 280 g/mol. The van der Waals surface area contributed by atoms with Gasteiger partial charge >= 0.3 is 0 Å². The Morgan fingerprint density at radius 1 is 0.950 bits per heavy atom. The van der Waals surface area contributed by atoms with Gasteiger partial charge in [0, 0.05) is 0 Å². The molecule has 0 N–H and O–H groups in total. The van der Waals surface area contributed by atoms with Crippen molar-refractivity contribution in [1.29, 1.82) is 0 Å².